The van der Waals surface area contributed by atoms with Gasteiger partial charge in [-0.05, 0) is 12.8 Å². The summed E-state index contributed by atoms with van der Waals surface area (Å²) in [6.07, 6.45) is 1.40. The van der Waals surface area contributed by atoms with E-state index in [1.807, 2.05) is 6.92 Å². The molecule has 0 aliphatic heterocycles. The van der Waals surface area contributed by atoms with Crippen molar-refractivity contribution in [1.82, 2.24) is 4.31 Å². The van der Waals surface area contributed by atoms with Crippen molar-refractivity contribution in [2.75, 3.05) is 37.9 Å². The lowest BCUT2D eigenvalue weighted by Gasteiger charge is -2.20. The van der Waals surface area contributed by atoms with Crippen molar-refractivity contribution in [3.63, 3.8) is 0 Å². The molecular weight excluding hydrogens is 282 g/mol. The van der Waals surface area contributed by atoms with Crippen LogP contribution in [0.3, 0.4) is 0 Å². The molecule has 4 nitrogen and oxygen atoms in total. The number of rotatable bonds is 9. The van der Waals surface area contributed by atoms with Gasteiger partial charge in [0.2, 0.25) is 10.0 Å². The third-order valence-electron chi connectivity index (χ3n) is 1.95. The number of sulfonamides is 1. The fourth-order valence-corrected chi connectivity index (χ4v) is 3.48. The minimum absolute atomic E-state index is 0.174. The highest BCUT2D eigenvalue weighted by atomic mass is 79.9. The van der Waals surface area contributed by atoms with E-state index < -0.39 is 10.0 Å². The molecule has 0 aliphatic rings. The molecule has 0 aliphatic carbocycles. The van der Waals surface area contributed by atoms with Crippen molar-refractivity contribution >= 4 is 26.0 Å². The molecule has 0 spiro atoms. The van der Waals surface area contributed by atoms with Crippen LogP contribution in [0.4, 0.5) is 0 Å². The molecule has 0 saturated carbocycles. The van der Waals surface area contributed by atoms with Crippen molar-refractivity contribution in [2.45, 2.75) is 19.8 Å². The van der Waals surface area contributed by atoms with Crippen molar-refractivity contribution in [3.8, 4) is 0 Å². The fraction of sp³-hybridized carbons (Fsp3) is 1.00. The third-order valence-corrected chi connectivity index (χ3v) is 4.26. The van der Waals surface area contributed by atoms with Gasteiger partial charge < -0.3 is 4.74 Å². The molecule has 15 heavy (non-hydrogen) atoms. The Hall–Kier alpha value is 0.350. The maximum Gasteiger partial charge on any atom is 0.214 e. The summed E-state index contributed by atoms with van der Waals surface area (Å²) in [6.45, 7) is 3.61. The quantitative estimate of drug-likeness (QED) is 0.478. The Bertz CT molecular complexity index is 238. The zero-order valence-corrected chi connectivity index (χ0v) is 11.8. The maximum atomic E-state index is 11.8. The molecule has 0 amide bonds. The smallest absolute Gasteiger partial charge is 0.214 e. The molecule has 0 fully saturated rings. The second-order valence-corrected chi connectivity index (χ2v) is 6.13. The van der Waals surface area contributed by atoms with Crippen LogP contribution in [0.25, 0.3) is 0 Å². The van der Waals surface area contributed by atoms with Crippen LogP contribution in [0.1, 0.15) is 19.8 Å². The summed E-state index contributed by atoms with van der Waals surface area (Å²) in [5.41, 5.74) is 0. The Morgan fingerprint density at radius 3 is 2.47 bits per heavy atom. The molecular formula is C9H20BrNO3S. The van der Waals surface area contributed by atoms with Crippen LogP contribution in [-0.2, 0) is 14.8 Å². The Morgan fingerprint density at radius 1 is 1.33 bits per heavy atom. The average molecular weight is 302 g/mol. The summed E-state index contributed by atoms with van der Waals surface area (Å²) < 4.78 is 30.1. The van der Waals surface area contributed by atoms with Crippen molar-refractivity contribution < 1.29 is 13.2 Å². The van der Waals surface area contributed by atoms with Gasteiger partial charge in [0.1, 0.15) is 0 Å². The molecule has 0 aromatic carbocycles. The molecule has 0 unspecified atom stereocenters. The number of halogens is 1. The van der Waals surface area contributed by atoms with Crippen LogP contribution in [0.2, 0.25) is 0 Å². The molecule has 0 saturated heterocycles. The van der Waals surface area contributed by atoms with E-state index in [1.54, 1.807) is 7.11 Å². The van der Waals surface area contributed by atoms with Gasteiger partial charge in [-0.2, -0.15) is 0 Å². The van der Waals surface area contributed by atoms with Crippen molar-refractivity contribution in [1.29, 1.82) is 0 Å². The first-order valence-electron chi connectivity index (χ1n) is 5.11. The number of methoxy groups -OCH3 is 1. The van der Waals surface area contributed by atoms with E-state index >= 15 is 0 Å². The lowest BCUT2D eigenvalue weighted by atomic mass is 10.5. The number of nitrogens with zero attached hydrogens (tertiary/aromatic N) is 1. The van der Waals surface area contributed by atoms with Crippen LogP contribution < -0.4 is 0 Å². The highest BCUT2D eigenvalue weighted by molar-refractivity contribution is 9.09. The second-order valence-electron chi connectivity index (χ2n) is 3.25. The zero-order valence-electron chi connectivity index (χ0n) is 9.41. The second kappa shape index (κ2) is 8.50. The van der Waals surface area contributed by atoms with Gasteiger partial charge in [0, 0.05) is 32.1 Å². The van der Waals surface area contributed by atoms with E-state index in [-0.39, 0.29) is 5.75 Å². The predicted octanol–water partition coefficient (Wildman–Crippen LogP) is 1.46. The molecule has 0 rings (SSSR count). The van der Waals surface area contributed by atoms with Crippen LogP contribution in [0.5, 0.6) is 0 Å². The van der Waals surface area contributed by atoms with E-state index in [2.05, 4.69) is 15.9 Å². The van der Waals surface area contributed by atoms with E-state index in [4.69, 9.17) is 4.74 Å². The monoisotopic (exact) mass is 301 g/mol. The molecule has 0 heterocycles. The van der Waals surface area contributed by atoms with Crippen LogP contribution in [-0.4, -0.2) is 50.6 Å². The molecule has 0 bridgehead atoms. The molecule has 0 N–H and O–H groups in total. The standard InChI is InChI=1S/C9H20BrNO3S/c1-3-6-11(7-5-10)15(12,13)9-4-8-14-2/h3-9H2,1-2H3. The molecule has 0 aromatic rings. The van der Waals surface area contributed by atoms with Gasteiger partial charge in [-0.25, -0.2) is 12.7 Å². The fourth-order valence-electron chi connectivity index (χ4n) is 1.25. The minimum Gasteiger partial charge on any atom is -0.385 e. The van der Waals surface area contributed by atoms with E-state index in [0.717, 1.165) is 6.42 Å². The van der Waals surface area contributed by atoms with Gasteiger partial charge in [-0.1, -0.05) is 22.9 Å². The van der Waals surface area contributed by atoms with Crippen LogP contribution >= 0.6 is 15.9 Å². The first-order valence-corrected chi connectivity index (χ1v) is 7.84. The maximum absolute atomic E-state index is 11.8. The third kappa shape index (κ3) is 6.50. The first-order chi connectivity index (χ1) is 7.08. The Labute approximate surface area is 101 Å². The summed E-state index contributed by atoms with van der Waals surface area (Å²) in [7, 11) is -1.52. The molecule has 0 aromatic heterocycles. The first kappa shape index (κ1) is 15.3. The van der Waals surface area contributed by atoms with E-state index in [0.29, 0.717) is 31.4 Å². The van der Waals surface area contributed by atoms with Gasteiger partial charge in [0.25, 0.3) is 0 Å². The summed E-state index contributed by atoms with van der Waals surface area (Å²) in [5, 5.41) is 0.677. The lowest BCUT2D eigenvalue weighted by molar-refractivity contribution is 0.199. The Kier molecular flexibility index (Phi) is 8.69. The zero-order chi connectivity index (χ0) is 11.7. The normalized spacial score (nSPS) is 12.3. The topological polar surface area (TPSA) is 46.6 Å². The van der Waals surface area contributed by atoms with E-state index in [9.17, 15) is 8.42 Å². The SMILES string of the molecule is CCCN(CCBr)S(=O)(=O)CCCOC. The van der Waals surface area contributed by atoms with Crippen molar-refractivity contribution in [3.05, 3.63) is 0 Å². The highest BCUT2D eigenvalue weighted by Crippen LogP contribution is 2.05. The Balaban J connectivity index is 4.22. The predicted molar refractivity (Wildman–Crippen MR) is 65.9 cm³/mol. The van der Waals surface area contributed by atoms with E-state index in [1.165, 1.54) is 4.31 Å². The molecule has 0 radical (unpaired) electrons. The van der Waals surface area contributed by atoms with Gasteiger partial charge >= 0.3 is 0 Å². The Morgan fingerprint density at radius 2 is 2.00 bits per heavy atom. The number of ether oxygens (including phenoxy) is 1. The van der Waals surface area contributed by atoms with Crippen LogP contribution in [0, 0.1) is 0 Å². The average Bonchev–Trinajstić information content (AvgIpc) is 2.18. The summed E-state index contributed by atoms with van der Waals surface area (Å²) >= 11 is 3.26. The summed E-state index contributed by atoms with van der Waals surface area (Å²) in [4.78, 5) is 0. The number of alkyl halides is 1. The largest absolute Gasteiger partial charge is 0.385 e. The molecule has 6 heteroatoms. The highest BCUT2D eigenvalue weighted by Gasteiger charge is 2.19. The van der Waals surface area contributed by atoms with Gasteiger partial charge in [0.15, 0.2) is 0 Å². The van der Waals surface area contributed by atoms with Gasteiger partial charge in [-0.3, -0.25) is 0 Å². The van der Waals surface area contributed by atoms with Crippen LogP contribution in [0.15, 0.2) is 0 Å². The lowest BCUT2D eigenvalue weighted by Crippen LogP contribution is -2.35. The van der Waals surface area contributed by atoms with Gasteiger partial charge in [-0.15, -0.1) is 0 Å². The number of hydrogen-bond acceptors (Lipinski definition) is 3. The number of hydrogen-bond donors (Lipinski definition) is 0. The molecule has 0 atom stereocenters. The van der Waals surface area contributed by atoms with Gasteiger partial charge in [0.05, 0.1) is 5.75 Å². The van der Waals surface area contributed by atoms with Crippen molar-refractivity contribution in [2.24, 2.45) is 0 Å². The summed E-state index contributed by atoms with van der Waals surface area (Å²) in [5.74, 6) is 0.174. The molecule has 92 valence electrons. The minimum atomic E-state index is -3.10. The summed E-state index contributed by atoms with van der Waals surface area (Å²) in [6, 6.07) is 0.